The number of rotatable bonds is 6. The van der Waals surface area contributed by atoms with Crippen LogP contribution >= 0.6 is 0 Å². The van der Waals surface area contributed by atoms with Crippen molar-refractivity contribution in [3.8, 4) is 5.75 Å². The first-order chi connectivity index (χ1) is 15.6. The lowest BCUT2D eigenvalue weighted by Gasteiger charge is -2.37. The molecule has 2 N–H and O–H groups in total. The molecular weight excluding hydrogens is 402 g/mol. The molecule has 0 saturated carbocycles. The zero-order valence-electron chi connectivity index (χ0n) is 18.2. The number of carbonyl (C=O) groups is 1. The van der Waals surface area contributed by atoms with E-state index in [1.165, 1.54) is 16.5 Å². The normalized spacial score (nSPS) is 17.7. The zero-order chi connectivity index (χ0) is 21.9. The smallest absolute Gasteiger partial charge is 0.224 e. The fourth-order valence-electron chi connectivity index (χ4n) is 4.55. The Labute approximate surface area is 188 Å². The Bertz CT molecular complexity index is 1110. The third kappa shape index (κ3) is 4.71. The lowest BCUT2D eigenvalue weighted by Crippen LogP contribution is -2.49. The molecule has 2 aliphatic rings. The fraction of sp³-hybridized carbons (Fsp3) is 0.346. The molecule has 0 bridgehead atoms. The van der Waals surface area contributed by atoms with Gasteiger partial charge in [0.2, 0.25) is 5.91 Å². The number of piperazine rings is 1. The largest absolute Gasteiger partial charge is 0.491 e. The van der Waals surface area contributed by atoms with E-state index >= 15 is 0 Å². The predicted molar refractivity (Wildman–Crippen MR) is 127 cm³/mol. The molecule has 2 heterocycles. The molecule has 6 heteroatoms. The van der Waals surface area contributed by atoms with E-state index in [1.807, 2.05) is 18.2 Å². The Hall–Kier alpha value is -3.09. The fourth-order valence-corrected chi connectivity index (χ4v) is 4.55. The second-order valence-corrected chi connectivity index (χ2v) is 8.65. The molecule has 0 spiro atoms. The number of aliphatic hydroxyl groups is 1. The molecule has 0 aromatic heterocycles. The number of nitrogens with one attached hydrogen (secondary N) is 1. The summed E-state index contributed by atoms with van der Waals surface area (Å²) < 4.78 is 5.83. The minimum absolute atomic E-state index is 0.0577. The number of hydrogen-bond donors (Lipinski definition) is 2. The van der Waals surface area contributed by atoms with E-state index in [-0.39, 0.29) is 12.5 Å². The SMILES string of the molecule is O=C1CCc2cc(OCC(O)CN3CCN(c4ccc5ccccc5c4)CC3)ccc2N1. The monoisotopic (exact) mass is 431 g/mol. The van der Waals surface area contributed by atoms with Crippen molar-refractivity contribution in [2.24, 2.45) is 0 Å². The summed E-state index contributed by atoms with van der Waals surface area (Å²) in [4.78, 5) is 16.2. The molecular formula is C26H29N3O3. The van der Waals surface area contributed by atoms with Gasteiger partial charge >= 0.3 is 0 Å². The van der Waals surface area contributed by atoms with Gasteiger partial charge < -0.3 is 20.1 Å². The Morgan fingerprint density at radius 3 is 2.59 bits per heavy atom. The Balaban J connectivity index is 1.10. The van der Waals surface area contributed by atoms with E-state index in [0.717, 1.165) is 49.6 Å². The first-order valence-electron chi connectivity index (χ1n) is 11.3. The zero-order valence-corrected chi connectivity index (χ0v) is 18.2. The summed E-state index contributed by atoms with van der Waals surface area (Å²) >= 11 is 0. The van der Waals surface area contributed by atoms with Crippen LogP contribution in [0.1, 0.15) is 12.0 Å². The molecule has 0 aliphatic carbocycles. The summed E-state index contributed by atoms with van der Waals surface area (Å²) in [6.45, 7) is 4.60. The van der Waals surface area contributed by atoms with Crippen LogP contribution in [-0.2, 0) is 11.2 Å². The van der Waals surface area contributed by atoms with Gasteiger partial charge in [0, 0.05) is 50.5 Å². The average molecular weight is 432 g/mol. The van der Waals surface area contributed by atoms with Gasteiger partial charge in [0.05, 0.1) is 0 Å². The third-order valence-electron chi connectivity index (χ3n) is 6.35. The number of nitrogens with zero attached hydrogens (tertiary/aromatic N) is 2. The predicted octanol–water partition coefficient (Wildman–Crippen LogP) is 3.29. The Morgan fingerprint density at radius 1 is 0.938 bits per heavy atom. The van der Waals surface area contributed by atoms with Crippen LogP contribution in [0.3, 0.4) is 0 Å². The maximum atomic E-state index is 11.5. The van der Waals surface area contributed by atoms with Gasteiger partial charge in [0.25, 0.3) is 0 Å². The van der Waals surface area contributed by atoms with Crippen molar-refractivity contribution in [1.29, 1.82) is 0 Å². The van der Waals surface area contributed by atoms with Crippen LogP contribution in [0.25, 0.3) is 10.8 Å². The highest BCUT2D eigenvalue weighted by molar-refractivity contribution is 5.94. The molecule has 1 atom stereocenters. The van der Waals surface area contributed by atoms with Gasteiger partial charge in [-0.25, -0.2) is 0 Å². The number of benzene rings is 3. The van der Waals surface area contributed by atoms with E-state index in [0.29, 0.717) is 13.0 Å². The number of carbonyl (C=O) groups excluding carboxylic acids is 1. The second-order valence-electron chi connectivity index (χ2n) is 8.65. The maximum Gasteiger partial charge on any atom is 0.224 e. The number of fused-ring (bicyclic) bond motifs is 2. The molecule has 5 rings (SSSR count). The van der Waals surface area contributed by atoms with Crippen molar-refractivity contribution in [3.05, 3.63) is 66.2 Å². The molecule has 1 unspecified atom stereocenters. The minimum atomic E-state index is -0.544. The topological polar surface area (TPSA) is 65.0 Å². The lowest BCUT2D eigenvalue weighted by molar-refractivity contribution is -0.116. The number of ether oxygens (including phenoxy) is 1. The number of β-amino-alcohol motifs (C(OH)–C–C–N with tert-alkyl or cyclic N) is 1. The Kier molecular flexibility index (Phi) is 5.97. The van der Waals surface area contributed by atoms with Crippen LogP contribution in [0.5, 0.6) is 5.75 Å². The number of aliphatic hydroxyl groups excluding tert-OH is 1. The molecule has 3 aromatic carbocycles. The van der Waals surface area contributed by atoms with Gasteiger partial charge in [0.1, 0.15) is 18.5 Å². The molecule has 32 heavy (non-hydrogen) atoms. The van der Waals surface area contributed by atoms with Gasteiger partial charge in [-0.15, -0.1) is 0 Å². The number of hydrogen-bond acceptors (Lipinski definition) is 5. The van der Waals surface area contributed by atoms with Crippen molar-refractivity contribution >= 4 is 28.1 Å². The number of anilines is 2. The quantitative estimate of drug-likeness (QED) is 0.627. The van der Waals surface area contributed by atoms with Crippen LogP contribution in [-0.4, -0.2) is 61.3 Å². The van der Waals surface area contributed by atoms with Crippen LogP contribution < -0.4 is 15.0 Å². The molecule has 1 fully saturated rings. The van der Waals surface area contributed by atoms with Gasteiger partial charge in [-0.2, -0.15) is 0 Å². The highest BCUT2D eigenvalue weighted by Crippen LogP contribution is 2.27. The van der Waals surface area contributed by atoms with Crippen molar-refractivity contribution in [3.63, 3.8) is 0 Å². The van der Waals surface area contributed by atoms with Gasteiger partial charge in [0.15, 0.2) is 0 Å². The molecule has 1 saturated heterocycles. The van der Waals surface area contributed by atoms with Crippen LogP contribution in [0.4, 0.5) is 11.4 Å². The molecule has 2 aliphatic heterocycles. The van der Waals surface area contributed by atoms with Crippen LogP contribution in [0.15, 0.2) is 60.7 Å². The first-order valence-corrected chi connectivity index (χ1v) is 11.3. The molecule has 166 valence electrons. The van der Waals surface area contributed by atoms with E-state index in [2.05, 4.69) is 57.6 Å². The average Bonchev–Trinajstić information content (AvgIpc) is 2.83. The van der Waals surface area contributed by atoms with Gasteiger partial charge in [-0.05, 0) is 53.1 Å². The van der Waals surface area contributed by atoms with Crippen molar-refractivity contribution in [1.82, 2.24) is 4.90 Å². The van der Waals surface area contributed by atoms with Crippen molar-refractivity contribution in [2.45, 2.75) is 18.9 Å². The molecule has 3 aromatic rings. The molecule has 1 amide bonds. The second kappa shape index (κ2) is 9.18. The first kappa shape index (κ1) is 20.8. The summed E-state index contributed by atoms with van der Waals surface area (Å²) in [5.74, 6) is 0.794. The summed E-state index contributed by atoms with van der Waals surface area (Å²) in [6, 6.07) is 20.8. The highest BCUT2D eigenvalue weighted by atomic mass is 16.5. The molecule has 0 radical (unpaired) electrons. The minimum Gasteiger partial charge on any atom is -0.491 e. The summed E-state index contributed by atoms with van der Waals surface area (Å²) in [6.07, 6.45) is 0.685. The van der Waals surface area contributed by atoms with Crippen molar-refractivity contribution < 1.29 is 14.6 Å². The van der Waals surface area contributed by atoms with Gasteiger partial charge in [-0.3, -0.25) is 9.69 Å². The van der Waals surface area contributed by atoms with Crippen molar-refractivity contribution in [2.75, 3.05) is 49.5 Å². The Morgan fingerprint density at radius 2 is 1.75 bits per heavy atom. The van der Waals surface area contributed by atoms with E-state index < -0.39 is 6.10 Å². The third-order valence-corrected chi connectivity index (χ3v) is 6.35. The van der Waals surface area contributed by atoms with E-state index in [1.54, 1.807) is 0 Å². The number of aryl methyl sites for hydroxylation is 1. The van der Waals surface area contributed by atoms with E-state index in [9.17, 15) is 9.90 Å². The standard InChI is InChI=1S/C26H29N3O3/c30-23(18-32-24-8-9-25-21(16-24)6-10-26(31)27-25)17-28-11-13-29(14-12-28)22-7-5-19-3-1-2-4-20(19)15-22/h1-5,7-9,15-16,23,30H,6,10-14,17-18H2,(H,27,31). The summed E-state index contributed by atoms with van der Waals surface area (Å²) in [7, 11) is 0. The molecule has 6 nitrogen and oxygen atoms in total. The maximum absolute atomic E-state index is 11.5. The van der Waals surface area contributed by atoms with Crippen LogP contribution in [0, 0.1) is 0 Å². The van der Waals surface area contributed by atoms with E-state index in [4.69, 9.17) is 4.74 Å². The number of amides is 1. The summed E-state index contributed by atoms with van der Waals surface area (Å²) in [5, 5.41) is 15.9. The summed E-state index contributed by atoms with van der Waals surface area (Å²) in [5.41, 5.74) is 3.20. The van der Waals surface area contributed by atoms with Crippen LogP contribution in [0.2, 0.25) is 0 Å². The lowest BCUT2D eigenvalue weighted by atomic mass is 10.0. The highest BCUT2D eigenvalue weighted by Gasteiger charge is 2.20. The van der Waals surface area contributed by atoms with Gasteiger partial charge in [-0.1, -0.05) is 30.3 Å².